The van der Waals surface area contributed by atoms with E-state index in [9.17, 15) is 4.39 Å². The molecule has 0 saturated carbocycles. The molecule has 2 N–H and O–H groups in total. The molecule has 0 aliphatic rings. The topological polar surface area (TPSA) is 29.3 Å². The molecule has 1 atom stereocenters. The molecule has 0 fully saturated rings. The standard InChI is InChI=1S/C14H23FN2/c1-4-11(3)9-17(5-2)10-12-7-6-8-13(15)14(12)16/h6-8,11H,4-5,9-10,16H2,1-3H3. The van der Waals surface area contributed by atoms with Crippen LogP contribution in [0.2, 0.25) is 0 Å². The minimum absolute atomic E-state index is 0.287. The quantitative estimate of drug-likeness (QED) is 0.771. The van der Waals surface area contributed by atoms with E-state index in [0.29, 0.717) is 5.92 Å². The zero-order valence-corrected chi connectivity index (χ0v) is 11.0. The summed E-state index contributed by atoms with van der Waals surface area (Å²) in [4.78, 5) is 2.30. The lowest BCUT2D eigenvalue weighted by Gasteiger charge is -2.24. The van der Waals surface area contributed by atoms with Crippen molar-refractivity contribution >= 4 is 5.69 Å². The number of nitrogens with zero attached hydrogens (tertiary/aromatic N) is 1. The van der Waals surface area contributed by atoms with Crippen molar-refractivity contribution < 1.29 is 4.39 Å². The van der Waals surface area contributed by atoms with E-state index < -0.39 is 0 Å². The number of nitrogen functional groups attached to an aromatic ring is 1. The van der Waals surface area contributed by atoms with Crippen molar-refractivity contribution in [2.75, 3.05) is 18.8 Å². The molecule has 0 radical (unpaired) electrons. The van der Waals surface area contributed by atoms with Gasteiger partial charge in [-0.25, -0.2) is 4.39 Å². The molecule has 1 rings (SSSR count). The fourth-order valence-electron chi connectivity index (χ4n) is 1.84. The van der Waals surface area contributed by atoms with Crippen LogP contribution in [0, 0.1) is 11.7 Å². The third-order valence-electron chi connectivity index (χ3n) is 3.25. The summed E-state index contributed by atoms with van der Waals surface area (Å²) < 4.78 is 13.3. The maximum Gasteiger partial charge on any atom is 0.146 e. The average Bonchev–Trinajstić information content (AvgIpc) is 2.33. The van der Waals surface area contributed by atoms with Gasteiger partial charge in [0, 0.05) is 13.1 Å². The lowest BCUT2D eigenvalue weighted by Crippen LogP contribution is -2.28. The summed E-state index contributed by atoms with van der Waals surface area (Å²) in [6.07, 6.45) is 1.16. The highest BCUT2D eigenvalue weighted by Crippen LogP contribution is 2.18. The van der Waals surface area contributed by atoms with E-state index in [-0.39, 0.29) is 11.5 Å². The first kappa shape index (κ1) is 14.0. The number of hydrogen-bond acceptors (Lipinski definition) is 2. The molecule has 1 aromatic rings. The molecule has 1 aromatic carbocycles. The lowest BCUT2D eigenvalue weighted by molar-refractivity contribution is 0.238. The van der Waals surface area contributed by atoms with Gasteiger partial charge in [0.05, 0.1) is 5.69 Å². The van der Waals surface area contributed by atoms with E-state index in [1.165, 1.54) is 6.07 Å². The van der Waals surface area contributed by atoms with E-state index in [2.05, 4.69) is 25.7 Å². The third-order valence-corrected chi connectivity index (χ3v) is 3.25. The second-order valence-corrected chi connectivity index (χ2v) is 4.65. The molecule has 0 heterocycles. The van der Waals surface area contributed by atoms with Gasteiger partial charge in [-0.2, -0.15) is 0 Å². The predicted molar refractivity (Wildman–Crippen MR) is 71.2 cm³/mol. The summed E-state index contributed by atoms with van der Waals surface area (Å²) in [6.45, 7) is 9.26. The number of rotatable bonds is 6. The van der Waals surface area contributed by atoms with E-state index in [4.69, 9.17) is 5.73 Å². The van der Waals surface area contributed by atoms with Crippen LogP contribution in [0.25, 0.3) is 0 Å². The fourth-order valence-corrected chi connectivity index (χ4v) is 1.84. The lowest BCUT2D eigenvalue weighted by atomic mass is 10.1. The second-order valence-electron chi connectivity index (χ2n) is 4.65. The molecule has 0 aliphatic carbocycles. The normalized spacial score (nSPS) is 13.0. The van der Waals surface area contributed by atoms with E-state index in [1.807, 2.05) is 6.07 Å². The molecule has 0 bridgehead atoms. The Bertz CT molecular complexity index is 352. The highest BCUT2D eigenvalue weighted by atomic mass is 19.1. The first-order valence-electron chi connectivity index (χ1n) is 6.33. The third kappa shape index (κ3) is 4.00. The van der Waals surface area contributed by atoms with Crippen LogP contribution in [-0.4, -0.2) is 18.0 Å². The van der Waals surface area contributed by atoms with Gasteiger partial charge in [-0.1, -0.05) is 39.3 Å². The average molecular weight is 238 g/mol. The highest BCUT2D eigenvalue weighted by molar-refractivity contribution is 5.47. The Labute approximate surface area is 104 Å². The maximum atomic E-state index is 13.3. The highest BCUT2D eigenvalue weighted by Gasteiger charge is 2.11. The molecule has 0 aliphatic heterocycles. The van der Waals surface area contributed by atoms with Crippen LogP contribution in [0.3, 0.4) is 0 Å². The van der Waals surface area contributed by atoms with Crippen LogP contribution in [0.5, 0.6) is 0 Å². The number of anilines is 1. The molecular formula is C14H23FN2. The Morgan fingerprint density at radius 2 is 2.06 bits per heavy atom. The van der Waals surface area contributed by atoms with E-state index in [0.717, 1.165) is 31.6 Å². The van der Waals surface area contributed by atoms with Crippen molar-refractivity contribution in [1.82, 2.24) is 4.90 Å². The van der Waals surface area contributed by atoms with Crippen molar-refractivity contribution in [1.29, 1.82) is 0 Å². The Morgan fingerprint density at radius 1 is 1.35 bits per heavy atom. The molecule has 0 saturated heterocycles. The predicted octanol–water partition coefficient (Wildman–Crippen LogP) is 3.28. The molecule has 0 amide bonds. The summed E-state index contributed by atoms with van der Waals surface area (Å²) >= 11 is 0. The van der Waals surface area contributed by atoms with Gasteiger partial charge in [-0.3, -0.25) is 4.90 Å². The van der Waals surface area contributed by atoms with Crippen LogP contribution in [0.4, 0.5) is 10.1 Å². The molecule has 17 heavy (non-hydrogen) atoms. The van der Waals surface area contributed by atoms with E-state index in [1.54, 1.807) is 6.07 Å². The van der Waals surface area contributed by atoms with Crippen molar-refractivity contribution in [2.24, 2.45) is 5.92 Å². The summed E-state index contributed by atoms with van der Waals surface area (Å²) in [7, 11) is 0. The number of hydrogen-bond donors (Lipinski definition) is 1. The summed E-state index contributed by atoms with van der Waals surface area (Å²) in [5, 5.41) is 0. The van der Waals surface area contributed by atoms with Crippen molar-refractivity contribution in [3.8, 4) is 0 Å². The Kier molecular flexibility index (Phi) is 5.42. The van der Waals surface area contributed by atoms with Crippen molar-refractivity contribution in [3.63, 3.8) is 0 Å². The zero-order valence-electron chi connectivity index (χ0n) is 11.0. The maximum absolute atomic E-state index is 13.3. The summed E-state index contributed by atoms with van der Waals surface area (Å²) in [5.41, 5.74) is 6.92. The van der Waals surface area contributed by atoms with Crippen molar-refractivity contribution in [3.05, 3.63) is 29.6 Å². The summed E-state index contributed by atoms with van der Waals surface area (Å²) in [6, 6.07) is 5.03. The minimum atomic E-state index is -0.318. The molecule has 3 heteroatoms. The van der Waals surface area contributed by atoms with Crippen LogP contribution in [0.15, 0.2) is 18.2 Å². The van der Waals surface area contributed by atoms with Crippen molar-refractivity contribution in [2.45, 2.75) is 33.7 Å². The van der Waals surface area contributed by atoms with Gasteiger partial charge in [-0.05, 0) is 24.1 Å². The van der Waals surface area contributed by atoms with Crippen LogP contribution >= 0.6 is 0 Å². The molecule has 0 aromatic heterocycles. The van der Waals surface area contributed by atoms with Crippen LogP contribution in [-0.2, 0) is 6.54 Å². The van der Waals surface area contributed by atoms with Gasteiger partial charge in [0.1, 0.15) is 5.82 Å². The van der Waals surface area contributed by atoms with Gasteiger partial charge >= 0.3 is 0 Å². The van der Waals surface area contributed by atoms with Gasteiger partial charge in [-0.15, -0.1) is 0 Å². The number of para-hydroxylation sites is 1. The van der Waals surface area contributed by atoms with Crippen LogP contribution < -0.4 is 5.73 Å². The number of benzene rings is 1. The number of halogens is 1. The first-order chi connectivity index (χ1) is 8.08. The molecule has 1 unspecified atom stereocenters. The SMILES string of the molecule is CCC(C)CN(CC)Cc1cccc(F)c1N. The molecular weight excluding hydrogens is 215 g/mol. The monoisotopic (exact) mass is 238 g/mol. The zero-order chi connectivity index (χ0) is 12.8. The van der Waals surface area contributed by atoms with E-state index >= 15 is 0 Å². The fraction of sp³-hybridized carbons (Fsp3) is 0.571. The molecule has 96 valence electrons. The molecule has 0 spiro atoms. The molecule has 2 nitrogen and oxygen atoms in total. The minimum Gasteiger partial charge on any atom is -0.396 e. The van der Waals surface area contributed by atoms with Gasteiger partial charge in [0.25, 0.3) is 0 Å². The van der Waals surface area contributed by atoms with Crippen LogP contribution in [0.1, 0.15) is 32.8 Å². The van der Waals surface area contributed by atoms with Gasteiger partial charge in [0.15, 0.2) is 0 Å². The number of nitrogens with two attached hydrogens (primary N) is 1. The summed E-state index contributed by atoms with van der Waals surface area (Å²) in [5.74, 6) is 0.340. The smallest absolute Gasteiger partial charge is 0.146 e. The Hall–Kier alpha value is -1.09. The first-order valence-corrected chi connectivity index (χ1v) is 6.33. The second kappa shape index (κ2) is 6.60. The largest absolute Gasteiger partial charge is 0.396 e. The van der Waals surface area contributed by atoms with Gasteiger partial charge < -0.3 is 5.73 Å². The van der Waals surface area contributed by atoms with Gasteiger partial charge in [0.2, 0.25) is 0 Å². The Balaban J connectivity index is 2.70. The Morgan fingerprint density at radius 3 is 2.65 bits per heavy atom.